The number of nitrogens with one attached hydrogen (secondary N) is 1. The summed E-state index contributed by atoms with van der Waals surface area (Å²) in [4.78, 5) is 28.5. The van der Waals surface area contributed by atoms with Crippen LogP contribution in [0.2, 0.25) is 0 Å². The van der Waals surface area contributed by atoms with E-state index in [0.717, 1.165) is 25.2 Å². The fourth-order valence-electron chi connectivity index (χ4n) is 2.96. The van der Waals surface area contributed by atoms with Gasteiger partial charge in [-0.1, -0.05) is 6.07 Å². The molecule has 0 saturated carbocycles. The number of piperazine rings is 1. The molecule has 1 atom stereocenters. The summed E-state index contributed by atoms with van der Waals surface area (Å²) in [5.41, 5.74) is 6.38. The average Bonchev–Trinajstić information content (AvgIpc) is 2.67. The minimum absolute atomic E-state index is 0.329. The van der Waals surface area contributed by atoms with Gasteiger partial charge in [-0.15, -0.1) is 0 Å². The normalized spacial score (nSPS) is 16.1. The zero-order valence-electron chi connectivity index (χ0n) is 15.7. The van der Waals surface area contributed by atoms with E-state index in [1.165, 1.54) is 0 Å². The highest BCUT2D eigenvalue weighted by atomic mass is 16.5. The lowest BCUT2D eigenvalue weighted by molar-refractivity contribution is -0.147. The number of carbonyl (C=O) groups excluding carboxylic acids is 2. The van der Waals surface area contributed by atoms with Gasteiger partial charge >= 0.3 is 11.8 Å². The number of nitrogens with zero attached hydrogens (tertiary/aromatic N) is 2. The molecule has 2 amide bonds. The third kappa shape index (κ3) is 4.86. The molecule has 26 heavy (non-hydrogen) atoms. The van der Waals surface area contributed by atoms with Crippen molar-refractivity contribution in [3.63, 3.8) is 0 Å². The first kappa shape index (κ1) is 20.0. The number of methoxy groups -OCH3 is 2. The smallest absolute Gasteiger partial charge is 0.311 e. The molecule has 8 heteroatoms. The molecule has 1 aliphatic heterocycles. The van der Waals surface area contributed by atoms with E-state index in [1.54, 1.807) is 31.3 Å². The maximum absolute atomic E-state index is 12.4. The van der Waals surface area contributed by atoms with Crippen LogP contribution >= 0.6 is 0 Å². The van der Waals surface area contributed by atoms with Gasteiger partial charge in [0.1, 0.15) is 0 Å². The number of amides is 2. The van der Waals surface area contributed by atoms with Crippen molar-refractivity contribution in [2.24, 2.45) is 5.73 Å². The van der Waals surface area contributed by atoms with Crippen LogP contribution in [-0.2, 0) is 9.59 Å². The van der Waals surface area contributed by atoms with Gasteiger partial charge in [0.15, 0.2) is 11.5 Å². The van der Waals surface area contributed by atoms with Gasteiger partial charge in [0, 0.05) is 39.3 Å². The van der Waals surface area contributed by atoms with Crippen molar-refractivity contribution in [1.82, 2.24) is 15.1 Å². The SMILES string of the molecule is COc1ccc(C(C)NC(=O)C(=O)N2CCN(CCN)CC2)cc1OC. The van der Waals surface area contributed by atoms with E-state index in [-0.39, 0.29) is 6.04 Å². The van der Waals surface area contributed by atoms with E-state index >= 15 is 0 Å². The molecule has 1 aromatic rings. The number of ether oxygens (including phenoxy) is 2. The van der Waals surface area contributed by atoms with Crippen LogP contribution in [-0.4, -0.2) is 75.1 Å². The molecule has 1 fully saturated rings. The van der Waals surface area contributed by atoms with Crippen molar-refractivity contribution < 1.29 is 19.1 Å². The highest BCUT2D eigenvalue weighted by molar-refractivity contribution is 6.35. The lowest BCUT2D eigenvalue weighted by Gasteiger charge is -2.34. The number of benzene rings is 1. The molecule has 0 bridgehead atoms. The van der Waals surface area contributed by atoms with Crippen LogP contribution in [0, 0.1) is 0 Å². The predicted octanol–water partition coefficient (Wildman–Crippen LogP) is -0.0161. The van der Waals surface area contributed by atoms with Crippen molar-refractivity contribution in [2.45, 2.75) is 13.0 Å². The van der Waals surface area contributed by atoms with E-state index in [2.05, 4.69) is 10.2 Å². The van der Waals surface area contributed by atoms with Gasteiger partial charge in [-0.2, -0.15) is 0 Å². The quantitative estimate of drug-likeness (QED) is 0.689. The first-order valence-electron chi connectivity index (χ1n) is 8.74. The van der Waals surface area contributed by atoms with Crippen LogP contribution in [0.3, 0.4) is 0 Å². The Morgan fingerprint density at radius 1 is 1.15 bits per heavy atom. The Balaban J connectivity index is 1.93. The van der Waals surface area contributed by atoms with E-state index in [9.17, 15) is 9.59 Å². The average molecular weight is 364 g/mol. The van der Waals surface area contributed by atoms with Crippen molar-refractivity contribution >= 4 is 11.8 Å². The Morgan fingerprint density at radius 2 is 1.81 bits per heavy atom. The summed E-state index contributed by atoms with van der Waals surface area (Å²) in [6.45, 7) is 5.78. The fraction of sp³-hybridized carbons (Fsp3) is 0.556. The Kier molecular flexibility index (Phi) is 7.23. The molecule has 1 unspecified atom stereocenters. The Labute approximate surface area is 154 Å². The Bertz CT molecular complexity index is 630. The van der Waals surface area contributed by atoms with Gasteiger partial charge in [-0.05, 0) is 24.6 Å². The third-order valence-corrected chi connectivity index (χ3v) is 4.55. The van der Waals surface area contributed by atoms with Gasteiger partial charge in [-0.25, -0.2) is 0 Å². The highest BCUT2D eigenvalue weighted by Gasteiger charge is 2.26. The molecule has 0 aromatic heterocycles. The number of nitrogens with two attached hydrogens (primary N) is 1. The maximum Gasteiger partial charge on any atom is 0.311 e. The number of hydrogen-bond acceptors (Lipinski definition) is 6. The van der Waals surface area contributed by atoms with Crippen LogP contribution in [0.1, 0.15) is 18.5 Å². The van der Waals surface area contributed by atoms with Crippen molar-refractivity contribution in [1.29, 1.82) is 0 Å². The van der Waals surface area contributed by atoms with Gasteiger partial charge in [0.2, 0.25) is 0 Å². The van der Waals surface area contributed by atoms with E-state index in [1.807, 2.05) is 13.0 Å². The van der Waals surface area contributed by atoms with Gasteiger partial charge in [0.05, 0.1) is 20.3 Å². The van der Waals surface area contributed by atoms with Crippen molar-refractivity contribution in [3.05, 3.63) is 23.8 Å². The second kappa shape index (κ2) is 9.40. The van der Waals surface area contributed by atoms with Crippen molar-refractivity contribution in [3.8, 4) is 11.5 Å². The standard InChI is InChI=1S/C18H28N4O4/c1-13(14-4-5-15(25-2)16(12-14)26-3)20-17(23)18(24)22-10-8-21(7-6-19)9-11-22/h4-5,12-13H,6-11,19H2,1-3H3,(H,20,23). The predicted molar refractivity (Wildman–Crippen MR) is 98.2 cm³/mol. The summed E-state index contributed by atoms with van der Waals surface area (Å²) in [7, 11) is 3.12. The monoisotopic (exact) mass is 364 g/mol. The lowest BCUT2D eigenvalue weighted by Crippen LogP contribution is -2.53. The molecule has 8 nitrogen and oxygen atoms in total. The van der Waals surface area contributed by atoms with Crippen LogP contribution in [0.15, 0.2) is 18.2 Å². The lowest BCUT2D eigenvalue weighted by atomic mass is 10.1. The summed E-state index contributed by atoms with van der Waals surface area (Å²) < 4.78 is 10.5. The minimum Gasteiger partial charge on any atom is -0.493 e. The maximum atomic E-state index is 12.4. The molecule has 1 aromatic carbocycles. The van der Waals surface area contributed by atoms with Crippen LogP contribution in [0.5, 0.6) is 11.5 Å². The molecule has 1 aliphatic rings. The fourth-order valence-corrected chi connectivity index (χ4v) is 2.96. The van der Waals surface area contributed by atoms with E-state index in [4.69, 9.17) is 15.2 Å². The Morgan fingerprint density at radius 3 is 2.38 bits per heavy atom. The molecule has 3 N–H and O–H groups in total. The third-order valence-electron chi connectivity index (χ3n) is 4.55. The highest BCUT2D eigenvalue weighted by Crippen LogP contribution is 2.29. The van der Waals surface area contributed by atoms with Crippen LogP contribution in [0.4, 0.5) is 0 Å². The molecule has 0 spiro atoms. The van der Waals surface area contributed by atoms with E-state index in [0.29, 0.717) is 31.1 Å². The molecule has 1 heterocycles. The second-order valence-corrected chi connectivity index (χ2v) is 6.23. The molecule has 144 valence electrons. The van der Waals surface area contributed by atoms with Crippen molar-refractivity contribution in [2.75, 3.05) is 53.5 Å². The summed E-state index contributed by atoms with van der Waals surface area (Å²) in [5, 5.41) is 2.76. The molecular weight excluding hydrogens is 336 g/mol. The largest absolute Gasteiger partial charge is 0.493 e. The second-order valence-electron chi connectivity index (χ2n) is 6.23. The summed E-state index contributed by atoms with van der Waals surface area (Å²) in [5.74, 6) is 0.0962. The topological polar surface area (TPSA) is 97.1 Å². The number of rotatable bonds is 6. The first-order chi connectivity index (χ1) is 12.5. The molecule has 2 rings (SSSR count). The zero-order valence-corrected chi connectivity index (χ0v) is 15.7. The summed E-state index contributed by atoms with van der Waals surface area (Å²) >= 11 is 0. The summed E-state index contributed by atoms with van der Waals surface area (Å²) in [6.07, 6.45) is 0. The minimum atomic E-state index is -0.598. The molecule has 1 saturated heterocycles. The molecule has 0 aliphatic carbocycles. The molecular formula is C18H28N4O4. The first-order valence-corrected chi connectivity index (χ1v) is 8.74. The van der Waals surface area contributed by atoms with Gasteiger partial charge < -0.3 is 25.4 Å². The number of hydrogen-bond donors (Lipinski definition) is 2. The van der Waals surface area contributed by atoms with Crippen LogP contribution in [0.25, 0.3) is 0 Å². The van der Waals surface area contributed by atoms with Gasteiger partial charge in [0.25, 0.3) is 0 Å². The zero-order chi connectivity index (χ0) is 19.1. The van der Waals surface area contributed by atoms with E-state index < -0.39 is 11.8 Å². The van der Waals surface area contributed by atoms with Gasteiger partial charge in [-0.3, -0.25) is 14.5 Å². The Hall–Kier alpha value is -2.32. The summed E-state index contributed by atoms with van der Waals surface area (Å²) in [6, 6.07) is 5.07. The molecule has 0 radical (unpaired) electrons. The number of carbonyl (C=O) groups is 2. The van der Waals surface area contributed by atoms with Crippen LogP contribution < -0.4 is 20.5 Å².